The third kappa shape index (κ3) is 5.80. The molecule has 1 saturated heterocycles. The minimum Gasteiger partial charge on any atom is -0.378 e. The fourth-order valence-electron chi connectivity index (χ4n) is 3.47. The van der Waals surface area contributed by atoms with E-state index in [1.165, 1.54) is 10.4 Å². The van der Waals surface area contributed by atoms with Crippen LogP contribution < -0.4 is 15.5 Å². The second-order valence-electron chi connectivity index (χ2n) is 7.54. The van der Waals surface area contributed by atoms with Crippen LogP contribution >= 0.6 is 11.3 Å². The van der Waals surface area contributed by atoms with Crippen molar-refractivity contribution in [2.24, 2.45) is 0 Å². The van der Waals surface area contributed by atoms with E-state index in [-0.39, 0.29) is 5.91 Å². The Kier molecular flexibility index (Phi) is 6.79. The lowest BCUT2D eigenvalue weighted by molar-refractivity contribution is -0.116. The summed E-state index contributed by atoms with van der Waals surface area (Å²) in [5.74, 6) is 2.40. The third-order valence-electron chi connectivity index (χ3n) is 5.15. The van der Waals surface area contributed by atoms with E-state index in [0.29, 0.717) is 19.6 Å². The number of morpholine rings is 1. The zero-order valence-electron chi connectivity index (χ0n) is 17.9. The Labute approximate surface area is 186 Å². The molecule has 2 N–H and O–H groups in total. The summed E-state index contributed by atoms with van der Waals surface area (Å²) in [5, 5.41) is 8.37. The minimum absolute atomic E-state index is 0.0232. The molecule has 8 heteroatoms. The number of rotatable bonds is 7. The SMILES string of the molecule is Cc1nc(Nc2ccc(NC(=O)CCc3sccc3C)cc2)cc(N2CCOCC2)n1. The number of aromatic nitrogens is 2. The molecule has 0 aliphatic carbocycles. The summed E-state index contributed by atoms with van der Waals surface area (Å²) >= 11 is 1.70. The van der Waals surface area contributed by atoms with Crippen molar-refractivity contribution >= 4 is 40.3 Å². The first-order valence-electron chi connectivity index (χ1n) is 10.4. The molecule has 0 spiro atoms. The van der Waals surface area contributed by atoms with E-state index in [4.69, 9.17) is 4.74 Å². The summed E-state index contributed by atoms with van der Waals surface area (Å²) in [6, 6.07) is 11.7. The zero-order chi connectivity index (χ0) is 21.6. The van der Waals surface area contributed by atoms with Crippen molar-refractivity contribution in [3.63, 3.8) is 0 Å². The maximum absolute atomic E-state index is 12.3. The number of nitrogens with zero attached hydrogens (tertiary/aromatic N) is 3. The summed E-state index contributed by atoms with van der Waals surface area (Å²) in [7, 11) is 0. The van der Waals surface area contributed by atoms with Gasteiger partial charge in [0.1, 0.15) is 17.5 Å². The number of hydrogen-bond donors (Lipinski definition) is 2. The van der Waals surface area contributed by atoms with Gasteiger partial charge in [-0.1, -0.05) is 0 Å². The van der Waals surface area contributed by atoms with Gasteiger partial charge in [-0.3, -0.25) is 4.79 Å². The average Bonchev–Trinajstić information content (AvgIpc) is 3.19. The molecule has 162 valence electrons. The van der Waals surface area contributed by atoms with Crippen molar-refractivity contribution in [1.82, 2.24) is 9.97 Å². The standard InChI is InChI=1S/C23H27N5O2S/c1-16-9-14-31-20(16)7-8-23(29)27-19-5-3-18(4-6-19)26-21-15-22(25-17(2)24-21)28-10-12-30-13-11-28/h3-6,9,14-15H,7-8,10-13H2,1-2H3,(H,27,29)(H,24,25,26). The molecule has 1 amide bonds. The van der Waals surface area contributed by atoms with E-state index in [1.807, 2.05) is 37.3 Å². The highest BCUT2D eigenvalue weighted by Gasteiger charge is 2.14. The highest BCUT2D eigenvalue weighted by molar-refractivity contribution is 7.10. The van der Waals surface area contributed by atoms with Gasteiger partial charge in [0.05, 0.1) is 13.2 Å². The molecule has 1 fully saturated rings. The molecule has 0 radical (unpaired) electrons. The van der Waals surface area contributed by atoms with Crippen molar-refractivity contribution in [2.45, 2.75) is 26.7 Å². The summed E-state index contributed by atoms with van der Waals surface area (Å²) in [6.07, 6.45) is 1.25. The lowest BCUT2D eigenvalue weighted by Gasteiger charge is -2.28. The van der Waals surface area contributed by atoms with Crippen LogP contribution in [0.15, 0.2) is 41.8 Å². The molecular weight excluding hydrogens is 410 g/mol. The van der Waals surface area contributed by atoms with Crippen molar-refractivity contribution in [2.75, 3.05) is 41.8 Å². The second-order valence-corrected chi connectivity index (χ2v) is 8.54. The number of hydrogen-bond acceptors (Lipinski definition) is 7. The average molecular weight is 438 g/mol. The van der Waals surface area contributed by atoms with Gasteiger partial charge in [-0.2, -0.15) is 0 Å². The molecule has 3 heterocycles. The fraction of sp³-hybridized carbons (Fsp3) is 0.348. The van der Waals surface area contributed by atoms with Crippen LogP contribution in [-0.2, 0) is 16.0 Å². The Balaban J connectivity index is 1.34. The lowest BCUT2D eigenvalue weighted by atomic mass is 10.2. The van der Waals surface area contributed by atoms with Crippen LogP contribution in [0.5, 0.6) is 0 Å². The molecule has 1 aromatic carbocycles. The lowest BCUT2D eigenvalue weighted by Crippen LogP contribution is -2.36. The third-order valence-corrected chi connectivity index (χ3v) is 6.23. The summed E-state index contributed by atoms with van der Waals surface area (Å²) in [6.45, 7) is 7.06. The van der Waals surface area contributed by atoms with Crippen LogP contribution in [0.1, 0.15) is 22.7 Å². The van der Waals surface area contributed by atoms with E-state index in [1.54, 1.807) is 11.3 Å². The van der Waals surface area contributed by atoms with E-state index < -0.39 is 0 Å². The van der Waals surface area contributed by atoms with Crippen LogP contribution in [-0.4, -0.2) is 42.2 Å². The number of carbonyl (C=O) groups is 1. The normalized spacial score (nSPS) is 13.8. The Bertz CT molecular complexity index is 1030. The molecule has 0 unspecified atom stereocenters. The number of nitrogens with one attached hydrogen (secondary N) is 2. The maximum atomic E-state index is 12.3. The van der Waals surface area contributed by atoms with E-state index in [0.717, 1.165) is 48.3 Å². The van der Waals surface area contributed by atoms with Gasteiger partial charge >= 0.3 is 0 Å². The van der Waals surface area contributed by atoms with E-state index in [9.17, 15) is 4.79 Å². The van der Waals surface area contributed by atoms with Gasteiger partial charge in [0, 0.05) is 41.8 Å². The zero-order valence-corrected chi connectivity index (χ0v) is 18.7. The van der Waals surface area contributed by atoms with Crippen molar-refractivity contribution in [1.29, 1.82) is 0 Å². The Hall–Kier alpha value is -2.97. The maximum Gasteiger partial charge on any atom is 0.224 e. The molecular formula is C23H27N5O2S. The topological polar surface area (TPSA) is 79.4 Å². The molecule has 7 nitrogen and oxygen atoms in total. The summed E-state index contributed by atoms with van der Waals surface area (Å²) in [5.41, 5.74) is 2.94. The van der Waals surface area contributed by atoms with Gasteiger partial charge in [0.2, 0.25) is 5.91 Å². The van der Waals surface area contributed by atoms with Crippen molar-refractivity contribution in [3.8, 4) is 0 Å². The number of amides is 1. The molecule has 31 heavy (non-hydrogen) atoms. The Morgan fingerprint density at radius 3 is 2.55 bits per heavy atom. The van der Waals surface area contributed by atoms with Crippen LogP contribution in [0.4, 0.5) is 23.0 Å². The van der Waals surface area contributed by atoms with Crippen molar-refractivity contribution < 1.29 is 9.53 Å². The van der Waals surface area contributed by atoms with Gasteiger partial charge in [0.25, 0.3) is 0 Å². The number of aryl methyl sites for hydroxylation is 3. The number of carbonyl (C=O) groups excluding carboxylic acids is 1. The number of benzene rings is 1. The monoisotopic (exact) mass is 437 g/mol. The number of thiophene rings is 1. The number of ether oxygens (including phenoxy) is 1. The Morgan fingerprint density at radius 1 is 1.10 bits per heavy atom. The van der Waals surface area contributed by atoms with Gasteiger partial charge in [0.15, 0.2) is 0 Å². The van der Waals surface area contributed by atoms with E-state index in [2.05, 4.69) is 43.9 Å². The first kappa shape index (κ1) is 21.3. The fourth-order valence-corrected chi connectivity index (χ4v) is 4.38. The highest BCUT2D eigenvalue weighted by Crippen LogP contribution is 2.22. The molecule has 0 atom stereocenters. The van der Waals surface area contributed by atoms with Crippen molar-refractivity contribution in [3.05, 3.63) is 58.0 Å². The molecule has 1 aliphatic rings. The Morgan fingerprint density at radius 2 is 1.84 bits per heavy atom. The van der Waals surface area contributed by atoms with Crippen LogP contribution in [0.3, 0.4) is 0 Å². The number of anilines is 4. The highest BCUT2D eigenvalue weighted by atomic mass is 32.1. The van der Waals surface area contributed by atoms with Crippen LogP contribution in [0.2, 0.25) is 0 Å². The quantitative estimate of drug-likeness (QED) is 0.574. The molecule has 0 bridgehead atoms. The van der Waals surface area contributed by atoms with Gasteiger partial charge in [-0.15, -0.1) is 11.3 Å². The van der Waals surface area contributed by atoms with Gasteiger partial charge < -0.3 is 20.3 Å². The summed E-state index contributed by atoms with van der Waals surface area (Å²) in [4.78, 5) is 24.8. The smallest absolute Gasteiger partial charge is 0.224 e. The molecule has 3 aromatic rings. The van der Waals surface area contributed by atoms with Crippen LogP contribution in [0.25, 0.3) is 0 Å². The second kappa shape index (κ2) is 9.89. The first-order valence-corrected chi connectivity index (χ1v) is 11.3. The largest absolute Gasteiger partial charge is 0.378 e. The predicted octanol–water partition coefficient (Wildman–Crippen LogP) is 4.31. The predicted molar refractivity (Wildman–Crippen MR) is 126 cm³/mol. The van der Waals surface area contributed by atoms with E-state index >= 15 is 0 Å². The minimum atomic E-state index is 0.0232. The van der Waals surface area contributed by atoms with Gasteiger partial charge in [-0.25, -0.2) is 9.97 Å². The first-order chi connectivity index (χ1) is 15.1. The molecule has 4 rings (SSSR count). The van der Waals surface area contributed by atoms with Crippen LogP contribution in [0, 0.1) is 13.8 Å². The molecule has 1 aliphatic heterocycles. The molecule has 0 saturated carbocycles. The summed E-state index contributed by atoms with van der Waals surface area (Å²) < 4.78 is 5.42. The molecule has 2 aromatic heterocycles. The van der Waals surface area contributed by atoms with Gasteiger partial charge in [-0.05, 0) is 61.5 Å².